The minimum atomic E-state index is -4.49. The van der Waals surface area contributed by atoms with E-state index in [9.17, 15) is 18.0 Å². The van der Waals surface area contributed by atoms with Crippen molar-refractivity contribution in [3.05, 3.63) is 82.0 Å². The van der Waals surface area contributed by atoms with Crippen molar-refractivity contribution < 1.29 is 18.0 Å². The molecule has 6 rings (SSSR count). The summed E-state index contributed by atoms with van der Waals surface area (Å²) in [6.45, 7) is 5.24. The van der Waals surface area contributed by atoms with Gasteiger partial charge in [0.05, 0.1) is 28.4 Å². The van der Waals surface area contributed by atoms with Crippen molar-refractivity contribution in [2.45, 2.75) is 49.9 Å². The zero-order chi connectivity index (χ0) is 25.5. The van der Waals surface area contributed by atoms with Crippen molar-refractivity contribution in [2.24, 2.45) is 5.92 Å². The Morgan fingerprint density at radius 2 is 1.89 bits per heavy atom. The molecule has 2 unspecified atom stereocenters. The molecule has 1 saturated carbocycles. The molecule has 1 saturated heterocycles. The average molecular weight is 515 g/mol. The molecule has 3 atom stereocenters. The molecule has 1 N–H and O–H groups in total. The summed E-state index contributed by atoms with van der Waals surface area (Å²) in [5, 5.41) is 7.81. The monoisotopic (exact) mass is 514 g/mol. The van der Waals surface area contributed by atoms with Gasteiger partial charge in [-0.3, -0.25) is 4.79 Å². The smallest absolute Gasteiger partial charge is 0.363 e. The summed E-state index contributed by atoms with van der Waals surface area (Å²) in [4.78, 5) is 15.5. The molecule has 0 radical (unpaired) electrons. The number of fused-ring (bicyclic) bond motifs is 2. The third-order valence-electron chi connectivity index (χ3n) is 8.07. The lowest BCUT2D eigenvalue weighted by atomic mass is 9.89. The first-order valence-electron chi connectivity index (χ1n) is 12.1. The van der Waals surface area contributed by atoms with Crippen LogP contribution in [-0.4, -0.2) is 33.7 Å². The van der Waals surface area contributed by atoms with Crippen LogP contribution in [0.4, 0.5) is 19.0 Å². The minimum absolute atomic E-state index is 0.0459. The number of nitrogens with one attached hydrogen (secondary N) is 1. The zero-order valence-corrected chi connectivity index (χ0v) is 20.7. The molecule has 1 aromatic heterocycles. The highest BCUT2D eigenvalue weighted by molar-refractivity contribution is 6.31. The van der Waals surface area contributed by atoms with Crippen LogP contribution in [0.15, 0.2) is 54.7 Å². The van der Waals surface area contributed by atoms with Gasteiger partial charge in [-0.15, -0.1) is 0 Å². The number of benzene rings is 2. The highest BCUT2D eigenvalue weighted by Gasteiger charge is 2.62. The summed E-state index contributed by atoms with van der Waals surface area (Å²) in [6, 6.07) is 14.2. The Balaban J connectivity index is 1.26. The van der Waals surface area contributed by atoms with Gasteiger partial charge in [0.2, 0.25) is 0 Å². The molecule has 188 valence electrons. The van der Waals surface area contributed by atoms with E-state index in [2.05, 4.69) is 36.4 Å². The molecule has 2 fully saturated rings. The van der Waals surface area contributed by atoms with Gasteiger partial charge in [0.15, 0.2) is 0 Å². The maximum Gasteiger partial charge on any atom is 0.417 e. The van der Waals surface area contributed by atoms with Crippen LogP contribution >= 0.6 is 11.6 Å². The average Bonchev–Trinajstić information content (AvgIpc) is 3.16. The van der Waals surface area contributed by atoms with Crippen LogP contribution in [-0.2, 0) is 17.1 Å². The molecular weight excluding hydrogens is 489 g/mol. The molecule has 1 aliphatic carbocycles. The second-order valence-corrected chi connectivity index (χ2v) is 11.3. The number of rotatable bonds is 3. The number of carbonyl (C=O) groups is 1. The van der Waals surface area contributed by atoms with Crippen molar-refractivity contribution in [1.29, 1.82) is 0 Å². The maximum atomic E-state index is 13.7. The van der Waals surface area contributed by atoms with E-state index in [1.165, 1.54) is 12.1 Å². The number of carbonyl (C=O) groups excluding carboxylic acids is 1. The molecule has 2 aromatic carbocycles. The van der Waals surface area contributed by atoms with E-state index in [0.29, 0.717) is 24.5 Å². The van der Waals surface area contributed by atoms with Crippen molar-refractivity contribution in [2.75, 3.05) is 18.4 Å². The van der Waals surface area contributed by atoms with Gasteiger partial charge in [-0.05, 0) is 55.9 Å². The molecule has 3 aromatic rings. The Bertz CT molecular complexity index is 1350. The van der Waals surface area contributed by atoms with Crippen molar-refractivity contribution in [3.63, 3.8) is 0 Å². The number of amides is 1. The van der Waals surface area contributed by atoms with E-state index in [1.807, 2.05) is 22.9 Å². The Kier molecular flexibility index (Phi) is 5.04. The number of alkyl halides is 3. The standard InChI is InChI=1S/C27H26ClF3N4O/c1-25(2)12-22(16-6-4-3-5-7-16)33-23-19(13-32-35(23)25)24(36)34-14-18-11-26(18,15-34)17-8-9-20(21(28)10-17)27(29,30)31/h3-10,13,18,22,33H,11-12,14-15H2,1-2H3/t18?,22-,26?/m1/s1. The highest BCUT2D eigenvalue weighted by Crippen LogP contribution is 2.60. The first kappa shape index (κ1) is 23.4. The first-order valence-corrected chi connectivity index (χ1v) is 12.4. The fourth-order valence-electron chi connectivity index (χ4n) is 6.10. The van der Waals surface area contributed by atoms with Crippen LogP contribution in [0.5, 0.6) is 0 Å². The van der Waals surface area contributed by atoms with Crippen LogP contribution in [0.25, 0.3) is 0 Å². The van der Waals surface area contributed by atoms with Gasteiger partial charge in [-0.2, -0.15) is 18.3 Å². The largest absolute Gasteiger partial charge is 0.417 e. The fraction of sp³-hybridized carbons (Fsp3) is 0.407. The lowest BCUT2D eigenvalue weighted by Gasteiger charge is -2.38. The molecule has 2 aliphatic heterocycles. The SMILES string of the molecule is CC1(C)C[C@H](c2ccccc2)Nc2c(C(=O)N3CC4CC4(c4ccc(C(F)(F)F)c(Cl)c4)C3)cnn21. The predicted molar refractivity (Wildman–Crippen MR) is 131 cm³/mol. The Labute approximate surface area is 212 Å². The number of piperidine rings is 1. The van der Waals surface area contributed by atoms with E-state index < -0.39 is 11.7 Å². The minimum Gasteiger partial charge on any atom is -0.363 e. The molecule has 3 aliphatic rings. The van der Waals surface area contributed by atoms with E-state index in [0.717, 1.165) is 30.0 Å². The van der Waals surface area contributed by atoms with E-state index in [-0.39, 0.29) is 33.8 Å². The second kappa shape index (κ2) is 7.75. The van der Waals surface area contributed by atoms with Crippen molar-refractivity contribution in [3.8, 4) is 0 Å². The third-order valence-corrected chi connectivity index (χ3v) is 8.38. The summed E-state index contributed by atoms with van der Waals surface area (Å²) in [5.74, 6) is 0.803. The van der Waals surface area contributed by atoms with Gasteiger partial charge in [0.25, 0.3) is 5.91 Å². The topological polar surface area (TPSA) is 50.2 Å². The molecule has 9 heteroatoms. The number of aromatic nitrogens is 2. The quantitative estimate of drug-likeness (QED) is 0.449. The van der Waals surface area contributed by atoms with Crippen LogP contribution < -0.4 is 5.32 Å². The molecular formula is C27H26ClF3N4O. The molecule has 1 amide bonds. The highest BCUT2D eigenvalue weighted by atomic mass is 35.5. The summed E-state index contributed by atoms with van der Waals surface area (Å²) >= 11 is 6.00. The van der Waals surface area contributed by atoms with Crippen molar-refractivity contribution >= 4 is 23.3 Å². The summed E-state index contributed by atoms with van der Waals surface area (Å²) < 4.78 is 41.4. The summed E-state index contributed by atoms with van der Waals surface area (Å²) in [6.07, 6.45) is -1.20. The number of likely N-dealkylation sites (tertiary alicyclic amines) is 1. The molecule has 0 bridgehead atoms. The zero-order valence-electron chi connectivity index (χ0n) is 19.9. The van der Waals surface area contributed by atoms with Gasteiger partial charge in [0, 0.05) is 18.5 Å². The number of anilines is 1. The summed E-state index contributed by atoms with van der Waals surface area (Å²) in [7, 11) is 0. The Hall–Kier alpha value is -3.00. The lowest BCUT2D eigenvalue weighted by Crippen LogP contribution is -2.39. The molecule has 36 heavy (non-hydrogen) atoms. The number of nitrogens with zero attached hydrogens (tertiary/aromatic N) is 3. The number of halogens is 4. The van der Waals surface area contributed by atoms with E-state index in [1.54, 1.807) is 11.1 Å². The predicted octanol–water partition coefficient (Wildman–Crippen LogP) is 6.26. The van der Waals surface area contributed by atoms with Gasteiger partial charge >= 0.3 is 6.18 Å². The number of hydrogen-bond acceptors (Lipinski definition) is 3. The van der Waals surface area contributed by atoms with E-state index >= 15 is 0 Å². The molecule has 5 nitrogen and oxygen atoms in total. The van der Waals surface area contributed by atoms with Crippen LogP contribution in [0.2, 0.25) is 5.02 Å². The normalized spacial score (nSPS) is 26.2. The molecule has 3 heterocycles. The van der Waals surface area contributed by atoms with Gasteiger partial charge in [-0.1, -0.05) is 48.0 Å². The van der Waals surface area contributed by atoms with Crippen molar-refractivity contribution in [1.82, 2.24) is 14.7 Å². The fourth-order valence-corrected chi connectivity index (χ4v) is 6.39. The van der Waals surface area contributed by atoms with Gasteiger partial charge in [-0.25, -0.2) is 4.68 Å². The van der Waals surface area contributed by atoms with Crippen LogP contribution in [0.1, 0.15) is 59.8 Å². The third kappa shape index (κ3) is 3.60. The number of hydrogen-bond donors (Lipinski definition) is 1. The molecule has 0 spiro atoms. The second-order valence-electron chi connectivity index (χ2n) is 10.9. The summed E-state index contributed by atoms with van der Waals surface area (Å²) in [5.41, 5.74) is 0.977. The lowest BCUT2D eigenvalue weighted by molar-refractivity contribution is -0.137. The van der Waals surface area contributed by atoms with Gasteiger partial charge in [0.1, 0.15) is 11.4 Å². The Morgan fingerprint density at radius 1 is 1.14 bits per heavy atom. The van der Waals surface area contributed by atoms with Crippen LogP contribution in [0.3, 0.4) is 0 Å². The maximum absolute atomic E-state index is 13.7. The van der Waals surface area contributed by atoms with Gasteiger partial charge < -0.3 is 10.2 Å². The van der Waals surface area contributed by atoms with E-state index in [4.69, 9.17) is 11.6 Å². The first-order chi connectivity index (χ1) is 17.0. The van der Waals surface area contributed by atoms with Crippen LogP contribution in [0, 0.1) is 5.92 Å². The Morgan fingerprint density at radius 3 is 2.58 bits per heavy atom.